The molecule has 0 amide bonds. The Balaban J connectivity index is 2.95. The molecule has 0 aliphatic rings. The highest BCUT2D eigenvalue weighted by molar-refractivity contribution is 5.70. The van der Waals surface area contributed by atoms with Gasteiger partial charge < -0.3 is 10.0 Å². The van der Waals surface area contributed by atoms with E-state index in [1.807, 2.05) is 18.2 Å². The van der Waals surface area contributed by atoms with Crippen LogP contribution in [0.5, 0.6) is 0 Å². The number of aliphatic carboxylic acids is 1. The molecule has 0 spiro atoms. The van der Waals surface area contributed by atoms with Gasteiger partial charge in [0.2, 0.25) is 0 Å². The molecule has 0 bridgehead atoms. The van der Waals surface area contributed by atoms with Crippen LogP contribution in [0.2, 0.25) is 0 Å². The Labute approximate surface area is 103 Å². The molecule has 94 valence electrons. The zero-order valence-electron chi connectivity index (χ0n) is 10.8. The van der Waals surface area contributed by atoms with E-state index in [1.54, 1.807) is 6.92 Å². The van der Waals surface area contributed by atoms with E-state index < -0.39 is 5.97 Å². The molecule has 0 aliphatic carbocycles. The van der Waals surface area contributed by atoms with Crippen LogP contribution >= 0.6 is 0 Å². The molecule has 0 aliphatic heterocycles. The van der Waals surface area contributed by atoms with Crippen LogP contribution < -0.4 is 4.90 Å². The topological polar surface area (TPSA) is 40.5 Å². The fraction of sp³-hybridized carbons (Fsp3) is 0.500. The number of rotatable bonds is 6. The van der Waals surface area contributed by atoms with Crippen molar-refractivity contribution in [1.29, 1.82) is 0 Å². The molecule has 1 unspecified atom stereocenters. The molecule has 0 heterocycles. The van der Waals surface area contributed by atoms with Crippen molar-refractivity contribution < 1.29 is 9.90 Å². The Bertz CT molecular complexity index is 372. The van der Waals surface area contributed by atoms with Crippen molar-refractivity contribution in [3.8, 4) is 0 Å². The molecular formula is C14H21NO2. The van der Waals surface area contributed by atoms with E-state index in [1.165, 1.54) is 0 Å². The lowest BCUT2D eigenvalue weighted by atomic mass is 9.99. The smallest absolute Gasteiger partial charge is 0.306 e. The monoisotopic (exact) mass is 235 g/mol. The summed E-state index contributed by atoms with van der Waals surface area (Å²) in [5.41, 5.74) is 2.27. The lowest BCUT2D eigenvalue weighted by Crippen LogP contribution is -2.24. The summed E-state index contributed by atoms with van der Waals surface area (Å²) in [6.45, 7) is 7.85. The molecule has 3 heteroatoms. The molecule has 17 heavy (non-hydrogen) atoms. The third kappa shape index (κ3) is 3.48. The number of anilines is 1. The number of carboxylic acid groups (broad SMARTS) is 1. The molecule has 0 saturated heterocycles. The first-order chi connectivity index (χ1) is 8.10. The average Bonchev–Trinajstić information content (AvgIpc) is 2.32. The van der Waals surface area contributed by atoms with E-state index in [4.69, 9.17) is 5.11 Å². The van der Waals surface area contributed by atoms with Crippen molar-refractivity contribution in [3.05, 3.63) is 29.8 Å². The van der Waals surface area contributed by atoms with Gasteiger partial charge in [0, 0.05) is 18.8 Å². The largest absolute Gasteiger partial charge is 0.481 e. The van der Waals surface area contributed by atoms with E-state index in [0.717, 1.165) is 24.3 Å². The second kappa shape index (κ2) is 6.28. The first-order valence-electron chi connectivity index (χ1n) is 6.15. The lowest BCUT2D eigenvalue weighted by molar-refractivity contribution is -0.141. The Hall–Kier alpha value is -1.51. The van der Waals surface area contributed by atoms with Gasteiger partial charge in [-0.05, 0) is 31.9 Å². The van der Waals surface area contributed by atoms with E-state index in [2.05, 4.69) is 24.8 Å². The molecule has 0 fully saturated rings. The van der Waals surface area contributed by atoms with Crippen LogP contribution in [-0.4, -0.2) is 24.2 Å². The molecular weight excluding hydrogens is 214 g/mol. The maximum absolute atomic E-state index is 10.9. The average molecular weight is 235 g/mol. The first-order valence-corrected chi connectivity index (χ1v) is 6.15. The van der Waals surface area contributed by atoms with Crippen molar-refractivity contribution in [2.75, 3.05) is 18.0 Å². The summed E-state index contributed by atoms with van der Waals surface area (Å²) in [6, 6.07) is 8.06. The predicted molar refractivity (Wildman–Crippen MR) is 70.5 cm³/mol. The standard InChI is InChI=1S/C14H21NO2/c1-4-15(5-2)13-9-7-6-8-12(13)10-11(3)14(16)17/h6-9,11H,4-5,10H2,1-3H3,(H,16,17). The highest BCUT2D eigenvalue weighted by Crippen LogP contribution is 2.23. The van der Waals surface area contributed by atoms with Gasteiger partial charge in [0.1, 0.15) is 0 Å². The van der Waals surface area contributed by atoms with Crippen molar-refractivity contribution >= 4 is 11.7 Å². The van der Waals surface area contributed by atoms with Crippen LogP contribution in [0.15, 0.2) is 24.3 Å². The van der Waals surface area contributed by atoms with Crippen LogP contribution in [0, 0.1) is 5.92 Å². The molecule has 0 radical (unpaired) electrons. The minimum absolute atomic E-state index is 0.341. The van der Waals surface area contributed by atoms with E-state index in [0.29, 0.717) is 6.42 Å². The van der Waals surface area contributed by atoms with Gasteiger partial charge in [-0.15, -0.1) is 0 Å². The second-order valence-electron chi connectivity index (χ2n) is 4.24. The molecule has 1 N–H and O–H groups in total. The number of carboxylic acids is 1. The van der Waals surface area contributed by atoms with Gasteiger partial charge in [-0.3, -0.25) is 4.79 Å². The summed E-state index contributed by atoms with van der Waals surface area (Å²) >= 11 is 0. The number of carbonyl (C=O) groups is 1. The molecule has 1 atom stereocenters. The summed E-state index contributed by atoms with van der Waals surface area (Å²) in [6.07, 6.45) is 0.585. The van der Waals surface area contributed by atoms with E-state index in [-0.39, 0.29) is 5.92 Å². The van der Waals surface area contributed by atoms with Gasteiger partial charge in [-0.2, -0.15) is 0 Å². The third-order valence-electron chi connectivity index (χ3n) is 3.04. The van der Waals surface area contributed by atoms with Crippen molar-refractivity contribution in [3.63, 3.8) is 0 Å². The number of nitrogens with zero attached hydrogens (tertiary/aromatic N) is 1. The normalized spacial score (nSPS) is 12.2. The maximum Gasteiger partial charge on any atom is 0.306 e. The van der Waals surface area contributed by atoms with Crippen molar-refractivity contribution in [2.45, 2.75) is 27.2 Å². The Morgan fingerprint density at radius 1 is 1.29 bits per heavy atom. The predicted octanol–water partition coefficient (Wildman–Crippen LogP) is 2.80. The summed E-state index contributed by atoms with van der Waals surface area (Å²) in [4.78, 5) is 13.2. The number of hydrogen-bond acceptors (Lipinski definition) is 2. The summed E-state index contributed by atoms with van der Waals surface area (Å²) in [5.74, 6) is -1.08. The number of hydrogen-bond donors (Lipinski definition) is 1. The maximum atomic E-state index is 10.9. The van der Waals surface area contributed by atoms with Gasteiger partial charge in [-0.1, -0.05) is 25.1 Å². The zero-order valence-corrected chi connectivity index (χ0v) is 10.8. The molecule has 3 nitrogen and oxygen atoms in total. The highest BCUT2D eigenvalue weighted by Gasteiger charge is 2.15. The fourth-order valence-electron chi connectivity index (χ4n) is 1.97. The molecule has 1 aromatic carbocycles. The van der Waals surface area contributed by atoms with Crippen molar-refractivity contribution in [2.24, 2.45) is 5.92 Å². The van der Waals surface area contributed by atoms with Gasteiger partial charge in [-0.25, -0.2) is 0 Å². The molecule has 0 aromatic heterocycles. The van der Waals surface area contributed by atoms with Crippen LogP contribution in [0.1, 0.15) is 26.3 Å². The van der Waals surface area contributed by atoms with Crippen LogP contribution in [-0.2, 0) is 11.2 Å². The molecule has 1 rings (SSSR count). The Kier molecular flexibility index (Phi) is 5.01. The van der Waals surface area contributed by atoms with Crippen molar-refractivity contribution in [1.82, 2.24) is 0 Å². The lowest BCUT2D eigenvalue weighted by Gasteiger charge is -2.24. The zero-order chi connectivity index (χ0) is 12.8. The molecule has 0 saturated carbocycles. The highest BCUT2D eigenvalue weighted by atomic mass is 16.4. The minimum Gasteiger partial charge on any atom is -0.481 e. The Morgan fingerprint density at radius 2 is 1.88 bits per heavy atom. The van der Waals surface area contributed by atoms with E-state index in [9.17, 15) is 4.79 Å². The number of benzene rings is 1. The summed E-state index contributed by atoms with van der Waals surface area (Å²) in [7, 11) is 0. The summed E-state index contributed by atoms with van der Waals surface area (Å²) < 4.78 is 0. The first kappa shape index (κ1) is 13.6. The van der Waals surface area contributed by atoms with E-state index >= 15 is 0 Å². The fourth-order valence-corrected chi connectivity index (χ4v) is 1.97. The van der Waals surface area contributed by atoms with Gasteiger partial charge >= 0.3 is 5.97 Å². The van der Waals surface area contributed by atoms with Gasteiger partial charge in [0.15, 0.2) is 0 Å². The van der Waals surface area contributed by atoms with Gasteiger partial charge in [0.05, 0.1) is 5.92 Å². The molecule has 1 aromatic rings. The second-order valence-corrected chi connectivity index (χ2v) is 4.24. The SMILES string of the molecule is CCN(CC)c1ccccc1CC(C)C(=O)O. The third-order valence-corrected chi connectivity index (χ3v) is 3.04. The minimum atomic E-state index is -0.737. The van der Waals surface area contributed by atoms with Crippen LogP contribution in [0.4, 0.5) is 5.69 Å². The van der Waals surface area contributed by atoms with Crippen LogP contribution in [0.3, 0.4) is 0 Å². The van der Waals surface area contributed by atoms with Gasteiger partial charge in [0.25, 0.3) is 0 Å². The Morgan fingerprint density at radius 3 is 2.41 bits per heavy atom. The van der Waals surface area contributed by atoms with Crippen LogP contribution in [0.25, 0.3) is 0 Å². The summed E-state index contributed by atoms with van der Waals surface area (Å²) in [5, 5.41) is 8.97. The quantitative estimate of drug-likeness (QED) is 0.824. The number of para-hydroxylation sites is 1.